The van der Waals surface area contributed by atoms with Crippen LogP contribution in [0.5, 0.6) is 0 Å². The molecule has 0 saturated heterocycles. The summed E-state index contributed by atoms with van der Waals surface area (Å²) in [5.41, 5.74) is 4.11. The maximum atomic E-state index is 12.6. The SMILES string of the molecule is COC(C)(C)C(=O)NC(Cc1ccnc(C)c1)C(=O)COC(C(F)(F)F)C(F)(F)F.COC(C)(C)C(=O)NC(Cc1ccnc(N)c1)C(=O)COC(C(F)(F)F)C(F)(F)F. The van der Waals surface area contributed by atoms with Crippen LogP contribution in [-0.2, 0) is 51.0 Å². The Balaban J connectivity index is 0.000000600. The molecule has 2 aromatic heterocycles. The van der Waals surface area contributed by atoms with Crippen LogP contribution < -0.4 is 16.4 Å². The van der Waals surface area contributed by atoms with Crippen LogP contribution in [0.4, 0.5) is 58.5 Å². The van der Waals surface area contributed by atoms with E-state index in [0.29, 0.717) is 16.8 Å². The molecule has 2 unspecified atom stereocenters. The zero-order valence-electron chi connectivity index (χ0n) is 32.9. The number of nitrogens with one attached hydrogen (secondary N) is 2. The summed E-state index contributed by atoms with van der Waals surface area (Å²) in [5.74, 6) is -3.90. The molecule has 0 aromatic carbocycles. The fourth-order valence-electron chi connectivity index (χ4n) is 4.45. The molecule has 25 heteroatoms. The van der Waals surface area contributed by atoms with E-state index in [1.54, 1.807) is 13.0 Å². The van der Waals surface area contributed by atoms with E-state index in [-0.39, 0.29) is 18.7 Å². The first kappa shape index (κ1) is 53.4. The fraction of sp³-hybridized carbons (Fsp3) is 0.600. The van der Waals surface area contributed by atoms with E-state index >= 15 is 0 Å². The van der Waals surface area contributed by atoms with Gasteiger partial charge >= 0.3 is 24.7 Å². The van der Waals surface area contributed by atoms with Crippen molar-refractivity contribution in [2.24, 2.45) is 0 Å². The number of ketones is 2. The number of amides is 2. The summed E-state index contributed by atoms with van der Waals surface area (Å²) >= 11 is 0. The third kappa shape index (κ3) is 17.5. The molecule has 340 valence electrons. The topological polar surface area (TPSA) is 181 Å². The number of hydrogen-bond acceptors (Lipinski definition) is 11. The highest BCUT2D eigenvalue weighted by Crippen LogP contribution is 2.37. The van der Waals surface area contributed by atoms with Gasteiger partial charge in [0, 0.05) is 38.7 Å². The van der Waals surface area contributed by atoms with Crippen molar-refractivity contribution in [3.05, 3.63) is 53.5 Å². The Morgan fingerprint density at radius 2 is 0.950 bits per heavy atom. The first-order valence-electron chi connectivity index (χ1n) is 17.0. The summed E-state index contributed by atoms with van der Waals surface area (Å²) < 4.78 is 169. The summed E-state index contributed by atoms with van der Waals surface area (Å²) in [6, 6.07) is 2.85. The molecule has 0 fully saturated rings. The smallest absolute Gasteiger partial charge is 0.384 e. The second-order valence-electron chi connectivity index (χ2n) is 13.8. The number of Topliss-reactive ketones (excluding diaryl/α,β-unsaturated/α-hetero) is 2. The molecule has 60 heavy (non-hydrogen) atoms. The van der Waals surface area contributed by atoms with Gasteiger partial charge in [-0.25, -0.2) is 4.98 Å². The molecule has 0 spiro atoms. The Morgan fingerprint density at radius 3 is 1.25 bits per heavy atom. The Bertz CT molecular complexity index is 1600. The van der Waals surface area contributed by atoms with Gasteiger partial charge in [0.15, 0.2) is 11.6 Å². The van der Waals surface area contributed by atoms with E-state index in [1.807, 2.05) is 0 Å². The lowest BCUT2D eigenvalue weighted by Gasteiger charge is -2.27. The van der Waals surface area contributed by atoms with Crippen LogP contribution in [-0.4, -0.2) is 121 Å². The molecule has 4 N–H and O–H groups in total. The van der Waals surface area contributed by atoms with Crippen LogP contribution in [0.25, 0.3) is 0 Å². The highest BCUT2D eigenvalue weighted by atomic mass is 19.4. The van der Waals surface area contributed by atoms with Crippen molar-refractivity contribution < 1.29 is 90.8 Å². The average molecular weight is 890 g/mol. The molecule has 2 amide bonds. The maximum Gasteiger partial charge on any atom is 0.423 e. The van der Waals surface area contributed by atoms with Crippen molar-refractivity contribution in [3.63, 3.8) is 0 Å². The molecule has 0 radical (unpaired) electrons. The van der Waals surface area contributed by atoms with Crippen molar-refractivity contribution in [2.75, 3.05) is 33.2 Å². The van der Waals surface area contributed by atoms with Crippen LogP contribution in [0.3, 0.4) is 0 Å². The van der Waals surface area contributed by atoms with E-state index in [0.717, 1.165) is 0 Å². The van der Waals surface area contributed by atoms with E-state index in [1.165, 1.54) is 72.5 Å². The molecule has 2 rings (SSSR count). The maximum absolute atomic E-state index is 12.6. The van der Waals surface area contributed by atoms with Gasteiger partial charge in [0.25, 0.3) is 11.8 Å². The summed E-state index contributed by atoms with van der Waals surface area (Å²) in [6.45, 7) is 4.06. The van der Waals surface area contributed by atoms with E-state index < -0.39 is 96.8 Å². The summed E-state index contributed by atoms with van der Waals surface area (Å²) in [7, 11) is 2.43. The molecule has 0 aliphatic carbocycles. The van der Waals surface area contributed by atoms with Crippen molar-refractivity contribution >= 4 is 29.2 Å². The number of rotatable bonds is 18. The van der Waals surface area contributed by atoms with Gasteiger partial charge in [-0.1, -0.05) is 0 Å². The fourth-order valence-corrected chi connectivity index (χ4v) is 4.45. The van der Waals surface area contributed by atoms with Crippen LogP contribution in [0, 0.1) is 6.92 Å². The Hall–Kier alpha value is -4.62. The highest BCUT2D eigenvalue weighted by Gasteiger charge is 2.59. The van der Waals surface area contributed by atoms with E-state index in [9.17, 15) is 71.9 Å². The molecule has 2 atom stereocenters. The number of aromatic nitrogens is 2. The number of carbonyl (C=O) groups is 4. The molecule has 13 nitrogen and oxygen atoms in total. The van der Waals surface area contributed by atoms with E-state index in [2.05, 4.69) is 30.1 Å². The second kappa shape index (κ2) is 21.3. The molecule has 0 bridgehead atoms. The number of nitrogens with two attached hydrogens (primary N) is 1. The third-order valence-corrected chi connectivity index (χ3v) is 8.16. The van der Waals surface area contributed by atoms with Crippen molar-refractivity contribution in [1.82, 2.24) is 20.6 Å². The summed E-state index contributed by atoms with van der Waals surface area (Å²) in [5, 5.41) is 4.56. The molecular formula is C35H43F12N5O8. The first-order chi connectivity index (χ1) is 27.1. The minimum absolute atomic E-state index is 0.0627. The number of ether oxygens (including phenoxy) is 4. The molecule has 0 aliphatic heterocycles. The number of pyridine rings is 2. The number of nitrogens with zero attached hydrogens (tertiary/aromatic N) is 2. The molecular weight excluding hydrogens is 846 g/mol. The van der Waals surface area contributed by atoms with Gasteiger partial charge in [0.2, 0.25) is 12.2 Å². The predicted octanol–water partition coefficient (Wildman–Crippen LogP) is 5.12. The number of halogens is 12. The zero-order valence-corrected chi connectivity index (χ0v) is 32.9. The lowest BCUT2D eigenvalue weighted by molar-refractivity contribution is -0.320. The van der Waals surface area contributed by atoms with Crippen LogP contribution >= 0.6 is 0 Å². The monoisotopic (exact) mass is 889 g/mol. The third-order valence-electron chi connectivity index (χ3n) is 8.16. The highest BCUT2D eigenvalue weighted by molar-refractivity contribution is 5.93. The standard InChI is InChI=1S/C18H22F6N2O4.C17H21F6N3O4/c1-10-7-11(5-6-25-10)8-12(26-15(28)16(2,3)29-4)13(27)9-30-14(17(19,20)21)18(22,23)24;1-15(2,29-3)14(28)26-10(6-9-4-5-25-12(24)7-9)11(27)8-30-13(16(18,19)20)17(21,22)23/h5-7,12,14H,8-9H2,1-4H3,(H,26,28);4-5,7,10,13H,6,8H2,1-3H3,(H2,24,25)(H,26,28). The Labute approximate surface area is 335 Å². The number of alkyl halides is 12. The second-order valence-corrected chi connectivity index (χ2v) is 13.8. The van der Waals surface area contributed by atoms with Crippen molar-refractivity contribution in [2.45, 2.75) is 108 Å². The minimum atomic E-state index is -5.77. The van der Waals surface area contributed by atoms with Gasteiger partial charge in [0.05, 0.1) is 12.1 Å². The largest absolute Gasteiger partial charge is 0.423 e. The summed E-state index contributed by atoms with van der Waals surface area (Å²) in [4.78, 5) is 57.1. The number of nitrogen functional groups attached to an aromatic ring is 1. The van der Waals surface area contributed by atoms with Crippen LogP contribution in [0.1, 0.15) is 44.5 Å². The Morgan fingerprint density at radius 1 is 0.617 bits per heavy atom. The lowest BCUT2D eigenvalue weighted by atomic mass is 10.0. The van der Waals surface area contributed by atoms with Crippen molar-refractivity contribution in [3.8, 4) is 0 Å². The first-order valence-corrected chi connectivity index (χ1v) is 17.0. The van der Waals surface area contributed by atoms with Gasteiger partial charge in [-0.15, -0.1) is 0 Å². The van der Waals surface area contributed by atoms with Gasteiger partial charge in [-0.3, -0.25) is 24.2 Å². The normalized spacial score (nSPS) is 13.9. The average Bonchev–Trinajstić information content (AvgIpc) is 3.08. The Kier molecular flexibility index (Phi) is 18.9. The quantitative estimate of drug-likeness (QED) is 0.169. The molecule has 0 saturated carbocycles. The molecule has 2 aromatic rings. The van der Waals surface area contributed by atoms with Gasteiger partial charge in [0.1, 0.15) is 30.2 Å². The number of methoxy groups -OCH3 is 2. The predicted molar refractivity (Wildman–Crippen MR) is 185 cm³/mol. The number of anilines is 1. The molecule has 0 aliphatic rings. The minimum Gasteiger partial charge on any atom is -0.384 e. The van der Waals surface area contributed by atoms with Gasteiger partial charge < -0.3 is 35.3 Å². The zero-order chi connectivity index (χ0) is 46.7. The number of hydrogen-bond donors (Lipinski definition) is 3. The van der Waals surface area contributed by atoms with Gasteiger partial charge in [-0.2, -0.15) is 52.7 Å². The molecule has 2 heterocycles. The van der Waals surface area contributed by atoms with Gasteiger partial charge in [-0.05, 0) is 76.4 Å². The van der Waals surface area contributed by atoms with E-state index in [4.69, 9.17) is 15.2 Å². The number of carbonyl (C=O) groups excluding carboxylic acids is 4. The van der Waals surface area contributed by atoms with Crippen molar-refractivity contribution in [1.29, 1.82) is 0 Å². The van der Waals surface area contributed by atoms with Crippen LogP contribution in [0.2, 0.25) is 0 Å². The lowest BCUT2D eigenvalue weighted by Crippen LogP contribution is -2.53. The summed E-state index contributed by atoms with van der Waals surface area (Å²) in [6.07, 6.45) is -29.1. The van der Waals surface area contributed by atoms with Crippen LogP contribution in [0.15, 0.2) is 36.7 Å². The number of aryl methyl sites for hydroxylation is 1.